The molecule has 0 saturated carbocycles. The van der Waals surface area contributed by atoms with Crippen molar-refractivity contribution in [2.45, 2.75) is 6.54 Å². The number of benzene rings is 2. The largest absolute Gasteiger partial charge is 0.338 e. The fraction of sp³-hybridized carbons (Fsp3) is 0.278. The monoisotopic (exact) mass is 312 g/mol. The van der Waals surface area contributed by atoms with Crippen molar-refractivity contribution in [1.82, 2.24) is 4.90 Å². The molecular formula is C18H22N3S+. The van der Waals surface area contributed by atoms with Crippen molar-refractivity contribution in [3.8, 4) is 0 Å². The van der Waals surface area contributed by atoms with Gasteiger partial charge in [0, 0.05) is 11.3 Å². The van der Waals surface area contributed by atoms with Crippen LogP contribution in [-0.4, -0.2) is 36.2 Å². The van der Waals surface area contributed by atoms with Crippen LogP contribution in [0.25, 0.3) is 0 Å². The molecule has 0 unspecified atom stereocenters. The maximum absolute atomic E-state index is 5.53. The first-order valence-electron chi connectivity index (χ1n) is 7.80. The van der Waals surface area contributed by atoms with Crippen LogP contribution in [0.15, 0.2) is 60.7 Å². The molecule has 0 aliphatic carbocycles. The number of piperazine rings is 1. The topological polar surface area (TPSA) is 19.7 Å². The Bertz CT molecular complexity index is 592. The van der Waals surface area contributed by atoms with Gasteiger partial charge in [0.15, 0.2) is 5.11 Å². The van der Waals surface area contributed by atoms with Crippen LogP contribution < -0.4 is 10.2 Å². The number of rotatable bonds is 3. The molecule has 1 fully saturated rings. The number of nitrogens with zero attached hydrogens (tertiary/aromatic N) is 1. The summed E-state index contributed by atoms with van der Waals surface area (Å²) in [5.74, 6) is 0. The summed E-state index contributed by atoms with van der Waals surface area (Å²) in [5, 5.41) is 4.16. The molecule has 1 saturated heterocycles. The van der Waals surface area contributed by atoms with E-state index in [0.717, 1.165) is 43.5 Å². The highest BCUT2D eigenvalue weighted by Crippen LogP contribution is 2.07. The molecule has 0 amide bonds. The Labute approximate surface area is 137 Å². The van der Waals surface area contributed by atoms with E-state index < -0.39 is 0 Å². The predicted molar refractivity (Wildman–Crippen MR) is 95.1 cm³/mol. The molecule has 2 aromatic carbocycles. The Morgan fingerprint density at radius 3 is 2.18 bits per heavy atom. The molecule has 2 N–H and O–H groups in total. The first kappa shape index (κ1) is 15.0. The lowest BCUT2D eigenvalue weighted by atomic mass is 10.2. The first-order chi connectivity index (χ1) is 10.8. The average molecular weight is 312 g/mol. The normalized spacial score (nSPS) is 15.5. The van der Waals surface area contributed by atoms with E-state index in [0.29, 0.717) is 0 Å². The third-order valence-electron chi connectivity index (χ3n) is 4.08. The van der Waals surface area contributed by atoms with E-state index in [1.54, 1.807) is 4.90 Å². The third kappa shape index (κ3) is 4.06. The molecule has 3 rings (SSSR count). The standard InChI is InChI=1S/C18H21N3S/c22-18(19-17-9-5-2-6-10-17)21-13-11-20(12-14-21)15-16-7-3-1-4-8-16/h1-10H,11-15H2,(H,19,22)/p+1. The number of quaternary nitrogens is 1. The van der Waals surface area contributed by atoms with E-state index >= 15 is 0 Å². The molecule has 4 heteroatoms. The van der Waals surface area contributed by atoms with Crippen molar-refractivity contribution in [2.24, 2.45) is 0 Å². The summed E-state index contributed by atoms with van der Waals surface area (Å²) in [5.41, 5.74) is 2.47. The minimum atomic E-state index is 0.838. The number of hydrogen-bond donors (Lipinski definition) is 2. The van der Waals surface area contributed by atoms with Gasteiger partial charge in [-0.1, -0.05) is 48.5 Å². The van der Waals surface area contributed by atoms with Gasteiger partial charge < -0.3 is 15.1 Å². The Balaban J connectivity index is 1.48. The van der Waals surface area contributed by atoms with Gasteiger partial charge in [-0.25, -0.2) is 0 Å². The lowest BCUT2D eigenvalue weighted by Gasteiger charge is -2.33. The van der Waals surface area contributed by atoms with Crippen molar-refractivity contribution in [1.29, 1.82) is 0 Å². The molecule has 0 bridgehead atoms. The zero-order chi connectivity index (χ0) is 15.2. The molecule has 1 aliphatic rings. The van der Waals surface area contributed by atoms with Crippen molar-refractivity contribution >= 4 is 23.0 Å². The summed E-state index contributed by atoms with van der Waals surface area (Å²) < 4.78 is 0. The fourth-order valence-corrected chi connectivity index (χ4v) is 3.11. The van der Waals surface area contributed by atoms with Crippen LogP contribution in [-0.2, 0) is 6.54 Å². The Hall–Kier alpha value is -1.91. The SMILES string of the molecule is S=C(Nc1ccccc1)N1CC[NH+](Cc2ccccc2)CC1. The van der Waals surface area contributed by atoms with Crippen LogP contribution in [0.3, 0.4) is 0 Å². The minimum absolute atomic E-state index is 0.838. The predicted octanol–water partition coefficient (Wildman–Crippen LogP) is 1.78. The van der Waals surface area contributed by atoms with Crippen molar-refractivity contribution < 1.29 is 4.90 Å². The van der Waals surface area contributed by atoms with Gasteiger partial charge in [-0.2, -0.15) is 0 Å². The second-order valence-corrected chi connectivity index (χ2v) is 6.08. The highest BCUT2D eigenvalue weighted by molar-refractivity contribution is 7.80. The van der Waals surface area contributed by atoms with Gasteiger partial charge >= 0.3 is 0 Å². The van der Waals surface area contributed by atoms with Gasteiger partial charge in [0.25, 0.3) is 0 Å². The smallest absolute Gasteiger partial charge is 0.173 e. The first-order valence-corrected chi connectivity index (χ1v) is 8.20. The van der Waals surface area contributed by atoms with Crippen LogP contribution in [0, 0.1) is 0 Å². The number of nitrogens with one attached hydrogen (secondary N) is 2. The summed E-state index contributed by atoms with van der Waals surface area (Å²) in [6.45, 7) is 5.40. The van der Waals surface area contributed by atoms with Gasteiger partial charge in [0.05, 0.1) is 26.2 Å². The van der Waals surface area contributed by atoms with E-state index in [1.807, 2.05) is 30.3 Å². The van der Waals surface area contributed by atoms with Crippen LogP contribution in [0.1, 0.15) is 5.56 Å². The number of para-hydroxylation sites is 1. The summed E-state index contributed by atoms with van der Waals surface area (Å²) in [7, 11) is 0. The van der Waals surface area contributed by atoms with Crippen LogP contribution in [0.4, 0.5) is 5.69 Å². The molecule has 3 nitrogen and oxygen atoms in total. The van der Waals surface area contributed by atoms with Gasteiger partial charge in [0.2, 0.25) is 0 Å². The zero-order valence-electron chi connectivity index (χ0n) is 12.7. The number of hydrogen-bond acceptors (Lipinski definition) is 1. The maximum atomic E-state index is 5.53. The van der Waals surface area contributed by atoms with Gasteiger partial charge in [-0.05, 0) is 24.4 Å². The average Bonchev–Trinajstić information content (AvgIpc) is 2.57. The highest BCUT2D eigenvalue weighted by Gasteiger charge is 2.21. The van der Waals surface area contributed by atoms with E-state index in [2.05, 4.69) is 40.5 Å². The van der Waals surface area contributed by atoms with Gasteiger partial charge in [-0.3, -0.25) is 0 Å². The van der Waals surface area contributed by atoms with E-state index in [4.69, 9.17) is 12.2 Å². The van der Waals surface area contributed by atoms with Crippen LogP contribution in [0.5, 0.6) is 0 Å². The minimum Gasteiger partial charge on any atom is -0.338 e. The second-order valence-electron chi connectivity index (χ2n) is 5.70. The van der Waals surface area contributed by atoms with Crippen molar-refractivity contribution in [2.75, 3.05) is 31.5 Å². The van der Waals surface area contributed by atoms with Gasteiger partial charge in [0.1, 0.15) is 6.54 Å². The van der Waals surface area contributed by atoms with Crippen molar-refractivity contribution in [3.05, 3.63) is 66.2 Å². The highest BCUT2D eigenvalue weighted by atomic mass is 32.1. The molecule has 1 heterocycles. The fourth-order valence-electron chi connectivity index (χ4n) is 2.81. The molecule has 1 aliphatic heterocycles. The van der Waals surface area contributed by atoms with Gasteiger partial charge in [-0.15, -0.1) is 0 Å². The number of thiocarbonyl (C=S) groups is 1. The molecule has 22 heavy (non-hydrogen) atoms. The zero-order valence-corrected chi connectivity index (χ0v) is 13.5. The van der Waals surface area contributed by atoms with Crippen LogP contribution >= 0.6 is 12.2 Å². The van der Waals surface area contributed by atoms with E-state index in [1.165, 1.54) is 5.56 Å². The summed E-state index contributed by atoms with van der Waals surface area (Å²) in [6.07, 6.45) is 0. The second kappa shape index (κ2) is 7.38. The lowest BCUT2D eigenvalue weighted by molar-refractivity contribution is -0.917. The molecule has 2 aromatic rings. The molecule has 114 valence electrons. The quantitative estimate of drug-likeness (QED) is 0.843. The summed E-state index contributed by atoms with van der Waals surface area (Å²) in [4.78, 5) is 3.90. The summed E-state index contributed by atoms with van der Waals surface area (Å²) in [6, 6.07) is 20.9. The lowest BCUT2D eigenvalue weighted by Crippen LogP contribution is -3.13. The Morgan fingerprint density at radius 1 is 0.955 bits per heavy atom. The van der Waals surface area contributed by atoms with E-state index in [-0.39, 0.29) is 0 Å². The van der Waals surface area contributed by atoms with E-state index in [9.17, 15) is 0 Å². The van der Waals surface area contributed by atoms with Crippen molar-refractivity contribution in [3.63, 3.8) is 0 Å². The maximum Gasteiger partial charge on any atom is 0.173 e. The third-order valence-corrected chi connectivity index (χ3v) is 4.44. The molecule has 0 radical (unpaired) electrons. The molecule has 0 aromatic heterocycles. The van der Waals surface area contributed by atoms with Crippen LogP contribution in [0.2, 0.25) is 0 Å². The molecule has 0 spiro atoms. The Kier molecular flexibility index (Phi) is 5.03. The number of anilines is 1. The molecule has 0 atom stereocenters. The Morgan fingerprint density at radius 2 is 1.55 bits per heavy atom. The summed E-state index contributed by atoms with van der Waals surface area (Å²) >= 11 is 5.53. The molecular weight excluding hydrogens is 290 g/mol.